The third-order valence-electron chi connectivity index (χ3n) is 4.08. The summed E-state index contributed by atoms with van der Waals surface area (Å²) < 4.78 is 5.06. The Labute approximate surface area is 136 Å². The van der Waals surface area contributed by atoms with Gasteiger partial charge in [-0.05, 0) is 38.0 Å². The Balaban J connectivity index is 1.66. The molecule has 118 valence electrons. The molecule has 1 saturated heterocycles. The lowest BCUT2D eigenvalue weighted by Gasteiger charge is -2.30. The Morgan fingerprint density at radius 3 is 3.09 bits per heavy atom. The average molecular weight is 308 g/mol. The van der Waals surface area contributed by atoms with Crippen LogP contribution in [-0.4, -0.2) is 36.4 Å². The Hall–Kier alpha value is -2.54. The number of carbonyl (C=O) groups excluding carboxylic acids is 1. The van der Waals surface area contributed by atoms with Crippen molar-refractivity contribution in [2.75, 3.05) is 19.7 Å². The van der Waals surface area contributed by atoms with Gasteiger partial charge < -0.3 is 9.64 Å². The summed E-state index contributed by atoms with van der Waals surface area (Å²) in [7, 11) is 0. The van der Waals surface area contributed by atoms with Crippen LogP contribution < -0.4 is 0 Å². The Morgan fingerprint density at radius 2 is 2.30 bits per heavy atom. The summed E-state index contributed by atoms with van der Waals surface area (Å²) in [5.74, 6) is 6.72. The first-order valence-electron chi connectivity index (χ1n) is 7.94. The van der Waals surface area contributed by atoms with Gasteiger partial charge in [-0.2, -0.15) is 0 Å². The molecule has 0 saturated carbocycles. The van der Waals surface area contributed by atoms with E-state index < -0.39 is 0 Å². The van der Waals surface area contributed by atoms with E-state index in [4.69, 9.17) is 4.74 Å². The molecule has 23 heavy (non-hydrogen) atoms. The van der Waals surface area contributed by atoms with Crippen LogP contribution >= 0.6 is 0 Å². The van der Waals surface area contributed by atoms with Gasteiger partial charge in [0.25, 0.3) is 0 Å². The summed E-state index contributed by atoms with van der Waals surface area (Å²) in [5.41, 5.74) is 4.28. The number of amides is 1. The monoisotopic (exact) mass is 308 g/mol. The van der Waals surface area contributed by atoms with Crippen LogP contribution in [0.1, 0.15) is 24.5 Å². The Kier molecular flexibility index (Phi) is 4.47. The van der Waals surface area contributed by atoms with Gasteiger partial charge in [0.1, 0.15) is 0 Å². The van der Waals surface area contributed by atoms with Crippen molar-refractivity contribution in [3.63, 3.8) is 0 Å². The molecule has 1 aromatic carbocycles. The van der Waals surface area contributed by atoms with E-state index in [2.05, 4.69) is 35.9 Å². The quantitative estimate of drug-likeness (QED) is 0.748. The fourth-order valence-corrected chi connectivity index (χ4v) is 2.90. The molecule has 0 aliphatic carbocycles. The third kappa shape index (κ3) is 3.45. The number of aryl methyl sites for hydroxylation is 1. The maximum absolute atomic E-state index is 11.8. The molecule has 4 nitrogen and oxygen atoms in total. The minimum absolute atomic E-state index is 0.248. The summed E-state index contributed by atoms with van der Waals surface area (Å²) in [6.45, 7) is 5.50. The maximum atomic E-state index is 11.8. The van der Waals surface area contributed by atoms with Crippen molar-refractivity contribution in [3.8, 4) is 11.8 Å². The molecule has 3 rings (SSSR count). The van der Waals surface area contributed by atoms with Crippen molar-refractivity contribution in [3.05, 3.63) is 47.2 Å². The molecule has 2 heterocycles. The van der Waals surface area contributed by atoms with Crippen LogP contribution in [0, 0.1) is 24.7 Å². The van der Waals surface area contributed by atoms with Crippen LogP contribution in [0.15, 0.2) is 41.0 Å². The van der Waals surface area contributed by atoms with Gasteiger partial charge in [-0.1, -0.05) is 24.0 Å². The lowest BCUT2D eigenvalue weighted by molar-refractivity contribution is 0.109. The highest BCUT2D eigenvalue weighted by Crippen LogP contribution is 2.27. The smallest absolute Gasteiger partial charge is 0.410 e. The van der Waals surface area contributed by atoms with Gasteiger partial charge in [0, 0.05) is 35.5 Å². The number of hydrogen-bond acceptors (Lipinski definition) is 3. The van der Waals surface area contributed by atoms with E-state index in [-0.39, 0.29) is 12.0 Å². The lowest BCUT2D eigenvalue weighted by atomic mass is 9.90. The minimum atomic E-state index is -0.257. The van der Waals surface area contributed by atoms with Gasteiger partial charge >= 0.3 is 6.09 Å². The van der Waals surface area contributed by atoms with Crippen LogP contribution in [0.25, 0.3) is 0 Å². The second-order valence-electron chi connectivity index (χ2n) is 5.79. The van der Waals surface area contributed by atoms with E-state index in [1.54, 1.807) is 4.90 Å². The number of ether oxygens (including phenoxy) is 1. The highest BCUT2D eigenvalue weighted by atomic mass is 16.6. The first kappa shape index (κ1) is 15.4. The van der Waals surface area contributed by atoms with Crippen LogP contribution in [0.4, 0.5) is 4.79 Å². The normalized spacial score (nSPS) is 19.2. The molecule has 1 atom stereocenters. The second-order valence-corrected chi connectivity index (χ2v) is 5.79. The van der Waals surface area contributed by atoms with Crippen molar-refractivity contribution < 1.29 is 9.53 Å². The summed E-state index contributed by atoms with van der Waals surface area (Å²) in [4.78, 5) is 18.0. The van der Waals surface area contributed by atoms with Gasteiger partial charge in [-0.15, -0.1) is 0 Å². The van der Waals surface area contributed by atoms with Gasteiger partial charge in [0.05, 0.1) is 13.2 Å². The first-order chi connectivity index (χ1) is 11.2. The molecule has 1 amide bonds. The topological polar surface area (TPSA) is 41.9 Å². The number of aliphatic imine (C=N–C) groups is 1. The summed E-state index contributed by atoms with van der Waals surface area (Å²) in [5, 5.41) is 0. The molecule has 1 fully saturated rings. The molecule has 0 bridgehead atoms. The van der Waals surface area contributed by atoms with E-state index in [0.29, 0.717) is 19.7 Å². The van der Waals surface area contributed by atoms with Crippen molar-refractivity contribution in [2.45, 2.75) is 20.3 Å². The summed E-state index contributed by atoms with van der Waals surface area (Å²) in [6.07, 6.45) is 2.44. The highest BCUT2D eigenvalue weighted by Gasteiger charge is 2.32. The van der Waals surface area contributed by atoms with Crippen molar-refractivity contribution in [2.24, 2.45) is 10.9 Å². The van der Waals surface area contributed by atoms with E-state index in [1.165, 1.54) is 5.56 Å². The standard InChI is InChI=1S/C19H20N2O2/c1-3-23-19(22)21-10-9-17-16(12-20-18(17)13-21)8-7-15-6-4-5-14(2)11-15/h4-6,11-12,17H,3,9-10,13H2,1-2H3. The zero-order chi connectivity index (χ0) is 16.2. The van der Waals surface area contributed by atoms with E-state index in [0.717, 1.165) is 23.3 Å². The van der Waals surface area contributed by atoms with E-state index in [1.807, 2.05) is 25.3 Å². The number of rotatable bonds is 1. The van der Waals surface area contributed by atoms with Crippen LogP contribution in [0.3, 0.4) is 0 Å². The van der Waals surface area contributed by atoms with E-state index >= 15 is 0 Å². The highest BCUT2D eigenvalue weighted by molar-refractivity contribution is 5.96. The van der Waals surface area contributed by atoms with E-state index in [9.17, 15) is 4.79 Å². The largest absolute Gasteiger partial charge is 0.450 e. The van der Waals surface area contributed by atoms with Crippen molar-refractivity contribution >= 4 is 11.8 Å². The van der Waals surface area contributed by atoms with Gasteiger partial charge in [0.2, 0.25) is 0 Å². The Bertz CT molecular complexity index is 737. The molecule has 0 N–H and O–H groups in total. The molecule has 0 spiro atoms. The molecular formula is C19H20N2O2. The minimum Gasteiger partial charge on any atom is -0.450 e. The predicted molar refractivity (Wildman–Crippen MR) is 90.3 cm³/mol. The first-order valence-corrected chi connectivity index (χ1v) is 7.94. The lowest BCUT2D eigenvalue weighted by Crippen LogP contribution is -2.44. The number of allylic oxidation sites excluding steroid dienone is 1. The molecule has 2 aliphatic heterocycles. The zero-order valence-electron chi connectivity index (χ0n) is 13.5. The number of likely N-dealkylation sites (tertiary alicyclic amines) is 1. The molecule has 2 aliphatic rings. The number of piperidine rings is 1. The number of benzene rings is 1. The van der Waals surface area contributed by atoms with Crippen LogP contribution in [0.2, 0.25) is 0 Å². The fourth-order valence-electron chi connectivity index (χ4n) is 2.90. The average Bonchev–Trinajstić information content (AvgIpc) is 2.95. The maximum Gasteiger partial charge on any atom is 0.410 e. The van der Waals surface area contributed by atoms with Gasteiger partial charge in [-0.3, -0.25) is 4.99 Å². The Morgan fingerprint density at radius 1 is 1.43 bits per heavy atom. The molecule has 1 aromatic rings. The van der Waals surface area contributed by atoms with Crippen molar-refractivity contribution in [1.82, 2.24) is 4.90 Å². The third-order valence-corrected chi connectivity index (χ3v) is 4.08. The zero-order valence-corrected chi connectivity index (χ0v) is 13.5. The number of fused-ring (bicyclic) bond motifs is 1. The molecule has 1 unspecified atom stereocenters. The fraction of sp³-hybridized carbons (Fsp3) is 0.368. The molecule has 4 heteroatoms. The number of hydrogen-bond donors (Lipinski definition) is 0. The van der Waals surface area contributed by atoms with Crippen LogP contribution in [0.5, 0.6) is 0 Å². The summed E-state index contributed by atoms with van der Waals surface area (Å²) >= 11 is 0. The van der Waals surface area contributed by atoms with Gasteiger partial charge in [-0.25, -0.2) is 4.79 Å². The predicted octanol–water partition coefficient (Wildman–Crippen LogP) is 3.16. The number of nitrogens with zero attached hydrogens (tertiary/aromatic N) is 2. The molecule has 0 radical (unpaired) electrons. The summed E-state index contributed by atoms with van der Waals surface area (Å²) in [6, 6.07) is 8.17. The van der Waals surface area contributed by atoms with Gasteiger partial charge in [0.15, 0.2) is 0 Å². The molecule has 0 aromatic heterocycles. The molecular weight excluding hydrogens is 288 g/mol. The number of carbonyl (C=O) groups is 1. The van der Waals surface area contributed by atoms with Crippen LogP contribution in [-0.2, 0) is 4.74 Å². The SMILES string of the molecule is CCOC(=O)N1CCC2C(C#Cc3cccc(C)c3)=CN=C2C1. The van der Waals surface area contributed by atoms with Crippen molar-refractivity contribution in [1.29, 1.82) is 0 Å². The second kappa shape index (κ2) is 6.70.